The van der Waals surface area contributed by atoms with E-state index in [1.807, 2.05) is 0 Å². The summed E-state index contributed by atoms with van der Waals surface area (Å²) in [4.78, 5) is 35.4. The molecule has 1 aliphatic heterocycles. The Balaban J connectivity index is 1.20. The number of halogens is 1. The molecule has 0 radical (unpaired) electrons. The maximum absolute atomic E-state index is 12.8. The molecular weight excluding hydrogens is 425 g/mol. The summed E-state index contributed by atoms with van der Waals surface area (Å²) in [5, 5.41) is 16.5. The second-order valence-corrected chi connectivity index (χ2v) is 8.90. The maximum atomic E-state index is 12.8. The Labute approximate surface area is 192 Å². The van der Waals surface area contributed by atoms with Gasteiger partial charge in [0.15, 0.2) is 5.82 Å². The molecule has 1 saturated heterocycles. The van der Waals surface area contributed by atoms with Gasteiger partial charge in [-0.05, 0) is 55.9 Å². The molecule has 8 nitrogen and oxygen atoms in total. The average Bonchev–Trinajstić information content (AvgIpc) is 3.32. The first-order valence-corrected chi connectivity index (χ1v) is 11.4. The van der Waals surface area contributed by atoms with Gasteiger partial charge in [-0.15, -0.1) is 0 Å². The molecule has 1 aliphatic carbocycles. The molecule has 2 amide bonds. The van der Waals surface area contributed by atoms with Gasteiger partial charge in [-0.25, -0.2) is 14.4 Å². The normalized spacial score (nSPS) is 25.5. The van der Waals surface area contributed by atoms with Crippen molar-refractivity contribution in [3.63, 3.8) is 0 Å². The third kappa shape index (κ3) is 5.72. The fourth-order valence-corrected chi connectivity index (χ4v) is 4.78. The number of amides is 2. The lowest BCUT2D eigenvalue weighted by molar-refractivity contribution is -0.120. The fourth-order valence-electron chi connectivity index (χ4n) is 4.78. The van der Waals surface area contributed by atoms with Crippen LogP contribution >= 0.6 is 0 Å². The molecule has 2 aromatic rings. The second kappa shape index (κ2) is 10.4. The molecule has 3 N–H and O–H groups in total. The molecule has 4 rings (SSSR count). The lowest BCUT2D eigenvalue weighted by atomic mass is 9.81. The van der Waals surface area contributed by atoms with E-state index in [2.05, 4.69) is 25.5 Å². The molecule has 1 aromatic carbocycles. The monoisotopic (exact) mass is 455 g/mol. The Morgan fingerprint density at radius 3 is 2.64 bits per heavy atom. The highest BCUT2D eigenvalue weighted by Crippen LogP contribution is 2.37. The number of carbonyl (C=O) groups excluding carboxylic acids is 2. The van der Waals surface area contributed by atoms with Crippen molar-refractivity contribution in [1.29, 1.82) is 0 Å². The summed E-state index contributed by atoms with van der Waals surface area (Å²) in [6.45, 7) is 0.879. The summed E-state index contributed by atoms with van der Waals surface area (Å²) in [6, 6.07) is 8.44. The van der Waals surface area contributed by atoms with Gasteiger partial charge in [0.25, 0.3) is 5.91 Å². The molecule has 2 fully saturated rings. The zero-order chi connectivity index (χ0) is 23.3. The van der Waals surface area contributed by atoms with Crippen molar-refractivity contribution in [3.8, 4) is 0 Å². The van der Waals surface area contributed by atoms with E-state index in [-0.39, 0.29) is 18.5 Å². The molecule has 2 heterocycles. The van der Waals surface area contributed by atoms with Crippen molar-refractivity contribution in [2.45, 2.75) is 56.5 Å². The van der Waals surface area contributed by atoms with Crippen LogP contribution in [0, 0.1) is 0 Å². The molecule has 1 saturated carbocycles. The van der Waals surface area contributed by atoms with Crippen LogP contribution in [0.3, 0.4) is 0 Å². The molecule has 9 heteroatoms. The number of benzene rings is 1. The highest BCUT2D eigenvalue weighted by Gasteiger charge is 2.40. The number of hydrogen-bond acceptors (Lipinski definition) is 6. The quantitative estimate of drug-likeness (QED) is 0.587. The van der Waals surface area contributed by atoms with Crippen LogP contribution in [0.15, 0.2) is 42.7 Å². The molecule has 176 valence electrons. The Hall–Kier alpha value is -2.91. The van der Waals surface area contributed by atoms with E-state index in [9.17, 15) is 19.1 Å². The zero-order valence-electron chi connectivity index (χ0n) is 18.5. The van der Waals surface area contributed by atoms with Crippen LogP contribution in [-0.2, 0) is 17.1 Å². The van der Waals surface area contributed by atoms with Gasteiger partial charge >= 0.3 is 0 Å². The first-order chi connectivity index (χ1) is 16.0. The molecular formula is C24H30FN5O3. The van der Waals surface area contributed by atoms with Gasteiger partial charge in [0.1, 0.15) is 12.3 Å². The number of likely N-dealkylation sites (tertiary alicyclic amines) is 1. The Morgan fingerprint density at radius 2 is 1.91 bits per heavy atom. The predicted molar refractivity (Wildman–Crippen MR) is 120 cm³/mol. The minimum Gasteiger partial charge on any atom is -0.382 e. The van der Waals surface area contributed by atoms with Crippen LogP contribution in [0.25, 0.3) is 0 Å². The molecule has 0 spiro atoms. The number of rotatable bonds is 7. The molecule has 2 aliphatic rings. The standard InChI is InChI=1S/C24H30FN5O3/c25-14-17-3-1-4-18(13-17)22(32)28-15-21(31)29-19-7-12-30(16-19)20-5-8-24(33,9-6-20)23-26-10-2-11-27-23/h1-4,10-11,13,19-20,33H,5-9,12,14-16H2,(H,28,32)(H,29,31)/t19-,20?,24?/m1/s1. The number of aliphatic hydroxyl groups is 1. The third-order valence-corrected chi connectivity index (χ3v) is 6.62. The van der Waals surface area contributed by atoms with Crippen molar-refractivity contribution in [2.24, 2.45) is 0 Å². The summed E-state index contributed by atoms with van der Waals surface area (Å²) in [5.74, 6) is -0.143. The highest BCUT2D eigenvalue weighted by atomic mass is 19.1. The lowest BCUT2D eigenvalue weighted by Gasteiger charge is -2.38. The first-order valence-electron chi connectivity index (χ1n) is 11.4. The number of hydrogen-bond donors (Lipinski definition) is 3. The van der Waals surface area contributed by atoms with Gasteiger partial charge in [-0.1, -0.05) is 12.1 Å². The minimum atomic E-state index is -0.965. The van der Waals surface area contributed by atoms with Crippen molar-refractivity contribution < 1.29 is 19.1 Å². The van der Waals surface area contributed by atoms with Crippen LogP contribution in [0.2, 0.25) is 0 Å². The number of carbonyl (C=O) groups is 2. The van der Waals surface area contributed by atoms with Crippen LogP contribution in [0.4, 0.5) is 4.39 Å². The van der Waals surface area contributed by atoms with E-state index in [1.165, 1.54) is 6.07 Å². The van der Waals surface area contributed by atoms with Gasteiger partial charge in [-0.2, -0.15) is 0 Å². The summed E-state index contributed by atoms with van der Waals surface area (Å²) < 4.78 is 12.8. The second-order valence-electron chi connectivity index (χ2n) is 8.90. The number of nitrogens with one attached hydrogen (secondary N) is 2. The van der Waals surface area contributed by atoms with E-state index in [0.717, 1.165) is 32.4 Å². The van der Waals surface area contributed by atoms with Crippen molar-refractivity contribution in [3.05, 3.63) is 59.7 Å². The number of aromatic nitrogens is 2. The smallest absolute Gasteiger partial charge is 0.251 e. The summed E-state index contributed by atoms with van der Waals surface area (Å²) in [5.41, 5.74) is -0.203. The summed E-state index contributed by atoms with van der Waals surface area (Å²) in [6.07, 6.45) is 7.09. The van der Waals surface area contributed by atoms with E-state index in [1.54, 1.807) is 36.7 Å². The highest BCUT2D eigenvalue weighted by molar-refractivity contribution is 5.96. The zero-order valence-corrected chi connectivity index (χ0v) is 18.5. The van der Waals surface area contributed by atoms with Gasteiger partial charge in [0.2, 0.25) is 5.91 Å². The average molecular weight is 456 g/mol. The Bertz CT molecular complexity index is 966. The van der Waals surface area contributed by atoms with Crippen molar-refractivity contribution in [1.82, 2.24) is 25.5 Å². The molecule has 0 unspecified atom stereocenters. The summed E-state index contributed by atoms with van der Waals surface area (Å²) in [7, 11) is 0. The number of alkyl halides is 1. The fraction of sp³-hybridized carbons (Fsp3) is 0.500. The molecule has 1 atom stereocenters. The van der Waals surface area contributed by atoms with E-state index >= 15 is 0 Å². The predicted octanol–water partition coefficient (Wildman–Crippen LogP) is 1.70. The minimum absolute atomic E-state index is 0.0301. The van der Waals surface area contributed by atoms with Crippen LogP contribution in [0.1, 0.15) is 53.8 Å². The van der Waals surface area contributed by atoms with Gasteiger partial charge < -0.3 is 15.7 Å². The topological polar surface area (TPSA) is 107 Å². The van der Waals surface area contributed by atoms with E-state index in [0.29, 0.717) is 35.8 Å². The number of nitrogens with zero attached hydrogens (tertiary/aromatic N) is 3. The molecule has 0 bridgehead atoms. The summed E-state index contributed by atoms with van der Waals surface area (Å²) >= 11 is 0. The van der Waals surface area contributed by atoms with E-state index in [4.69, 9.17) is 0 Å². The van der Waals surface area contributed by atoms with Gasteiger partial charge in [-0.3, -0.25) is 14.5 Å². The largest absolute Gasteiger partial charge is 0.382 e. The van der Waals surface area contributed by atoms with Crippen LogP contribution in [0.5, 0.6) is 0 Å². The van der Waals surface area contributed by atoms with E-state index < -0.39 is 18.2 Å². The third-order valence-electron chi connectivity index (χ3n) is 6.62. The Kier molecular flexibility index (Phi) is 7.29. The van der Waals surface area contributed by atoms with Crippen molar-refractivity contribution in [2.75, 3.05) is 19.6 Å². The van der Waals surface area contributed by atoms with Crippen LogP contribution < -0.4 is 10.6 Å². The Morgan fingerprint density at radius 1 is 1.15 bits per heavy atom. The first kappa shape index (κ1) is 23.3. The SMILES string of the molecule is O=C(CNC(=O)c1cccc(CF)c1)N[C@@H]1CCN(C2CCC(O)(c3ncccn3)CC2)C1. The van der Waals surface area contributed by atoms with Gasteiger partial charge in [0.05, 0.1) is 6.54 Å². The maximum Gasteiger partial charge on any atom is 0.251 e. The molecule has 1 aromatic heterocycles. The molecule has 33 heavy (non-hydrogen) atoms. The van der Waals surface area contributed by atoms with Crippen LogP contribution in [-0.4, -0.2) is 63.5 Å². The van der Waals surface area contributed by atoms with Crippen molar-refractivity contribution >= 4 is 11.8 Å². The van der Waals surface area contributed by atoms with Gasteiger partial charge in [0, 0.05) is 43.1 Å². The lowest BCUT2D eigenvalue weighted by Crippen LogP contribution is -2.45.